The molecule has 1 aromatic carbocycles. The maximum absolute atomic E-state index is 12.8. The molecule has 3 aliphatic rings. The lowest BCUT2D eigenvalue weighted by Crippen LogP contribution is -2.52. The molecule has 0 spiro atoms. The highest BCUT2D eigenvalue weighted by molar-refractivity contribution is 6.05. The van der Waals surface area contributed by atoms with Crippen molar-refractivity contribution in [2.45, 2.75) is 32.0 Å². The van der Waals surface area contributed by atoms with E-state index in [0.29, 0.717) is 18.5 Å². The van der Waals surface area contributed by atoms with Crippen molar-refractivity contribution in [3.63, 3.8) is 0 Å². The van der Waals surface area contributed by atoms with Crippen LogP contribution in [-0.2, 0) is 22.7 Å². The Bertz CT molecular complexity index is 761. The molecule has 132 valence electrons. The fraction of sp³-hybridized carbons (Fsp3) is 0.500. The van der Waals surface area contributed by atoms with Crippen molar-refractivity contribution in [2.75, 3.05) is 26.2 Å². The molecule has 0 aromatic heterocycles. The third-order valence-corrected chi connectivity index (χ3v) is 5.22. The van der Waals surface area contributed by atoms with Gasteiger partial charge in [-0.3, -0.25) is 24.6 Å². The lowest BCUT2D eigenvalue weighted by molar-refractivity contribution is -0.136. The van der Waals surface area contributed by atoms with E-state index in [1.54, 1.807) is 10.2 Å². The minimum absolute atomic E-state index is 0.132. The Labute approximate surface area is 147 Å². The summed E-state index contributed by atoms with van der Waals surface area (Å²) in [5, 5.41) is 3.91. The number of hydrogen-bond donors (Lipinski definition) is 2. The van der Waals surface area contributed by atoms with E-state index < -0.39 is 6.04 Å². The van der Waals surface area contributed by atoms with Gasteiger partial charge in [-0.15, -0.1) is 0 Å². The van der Waals surface area contributed by atoms with Crippen LogP contribution in [-0.4, -0.2) is 59.7 Å². The average Bonchev–Trinajstić information content (AvgIpc) is 2.95. The van der Waals surface area contributed by atoms with Gasteiger partial charge in [-0.25, -0.2) is 0 Å². The SMILES string of the molecule is [2H]N1CCN(Cc2cccc3c2CN(C2CCC(=O)NC2=O)C3=O)CC1. The summed E-state index contributed by atoms with van der Waals surface area (Å²) in [7, 11) is 0. The Morgan fingerprint density at radius 2 is 2.00 bits per heavy atom. The largest absolute Gasteiger partial charge is 0.322 e. The van der Waals surface area contributed by atoms with Crippen LogP contribution in [0.3, 0.4) is 0 Å². The highest BCUT2D eigenvalue weighted by Gasteiger charge is 2.39. The van der Waals surface area contributed by atoms with Gasteiger partial charge >= 0.3 is 0 Å². The lowest BCUT2D eigenvalue weighted by atomic mass is 10.0. The van der Waals surface area contributed by atoms with Crippen molar-refractivity contribution in [1.29, 1.82) is 0 Å². The van der Waals surface area contributed by atoms with E-state index in [9.17, 15) is 14.4 Å². The molecule has 2 saturated heterocycles. The van der Waals surface area contributed by atoms with Gasteiger partial charge in [0.05, 0.1) is 0 Å². The number of benzene rings is 1. The molecule has 1 aromatic rings. The van der Waals surface area contributed by atoms with Crippen molar-refractivity contribution < 1.29 is 15.8 Å². The molecule has 7 heteroatoms. The molecule has 0 aliphatic carbocycles. The summed E-state index contributed by atoms with van der Waals surface area (Å²) in [4.78, 5) is 40.3. The Hall–Kier alpha value is -2.25. The number of carbonyl (C=O) groups excluding carboxylic acids is 3. The Morgan fingerprint density at radius 3 is 2.76 bits per heavy atom. The second-order valence-electron chi connectivity index (χ2n) is 6.79. The van der Waals surface area contributed by atoms with Gasteiger partial charge in [0.1, 0.15) is 7.45 Å². The molecule has 4 rings (SSSR count). The Morgan fingerprint density at radius 1 is 1.20 bits per heavy atom. The van der Waals surface area contributed by atoms with Crippen molar-refractivity contribution >= 4 is 17.7 Å². The summed E-state index contributed by atoms with van der Waals surface area (Å²) in [5.41, 5.74) is 2.74. The molecule has 0 saturated carbocycles. The second kappa shape index (κ2) is 6.57. The van der Waals surface area contributed by atoms with Crippen LogP contribution < -0.4 is 10.6 Å². The van der Waals surface area contributed by atoms with Gasteiger partial charge in [0.25, 0.3) is 5.91 Å². The van der Waals surface area contributed by atoms with Gasteiger partial charge < -0.3 is 10.2 Å². The van der Waals surface area contributed by atoms with Crippen molar-refractivity contribution in [3.05, 3.63) is 34.9 Å². The van der Waals surface area contributed by atoms with E-state index in [4.69, 9.17) is 1.41 Å². The summed E-state index contributed by atoms with van der Waals surface area (Å²) < 4.78 is 7.66. The number of amides is 3. The number of piperidine rings is 1. The molecule has 7 nitrogen and oxygen atoms in total. The van der Waals surface area contributed by atoms with Gasteiger partial charge in [-0.2, -0.15) is 0 Å². The quantitative estimate of drug-likeness (QED) is 0.746. The van der Waals surface area contributed by atoms with Crippen LogP contribution in [0.4, 0.5) is 0 Å². The highest BCUT2D eigenvalue weighted by atomic mass is 16.2. The molecule has 3 heterocycles. The van der Waals surface area contributed by atoms with Crippen molar-refractivity contribution in [2.24, 2.45) is 0 Å². The standard InChI is InChI=1S/C18H22N4O3/c23-16-5-4-15(17(24)20-16)22-11-14-12(2-1-3-13(14)18(22)25)10-21-8-6-19-7-9-21/h1-3,15,19H,4-11H2,(H,20,23,24)/i/hD. The predicted molar refractivity (Wildman–Crippen MR) is 90.6 cm³/mol. The molecule has 25 heavy (non-hydrogen) atoms. The number of fused-ring (bicyclic) bond motifs is 1. The zero-order valence-electron chi connectivity index (χ0n) is 15.0. The first-order chi connectivity index (χ1) is 12.5. The average molecular weight is 343 g/mol. The van der Waals surface area contributed by atoms with Gasteiger partial charge in [0.2, 0.25) is 11.8 Å². The molecule has 1 atom stereocenters. The maximum atomic E-state index is 12.8. The fourth-order valence-electron chi connectivity index (χ4n) is 3.84. The van der Waals surface area contributed by atoms with Gasteiger partial charge in [0, 0.05) is 51.3 Å². The van der Waals surface area contributed by atoms with Crippen LogP contribution in [0.15, 0.2) is 18.2 Å². The summed E-state index contributed by atoms with van der Waals surface area (Å²) in [6.07, 6.45) is 0.645. The zero-order chi connectivity index (χ0) is 18.3. The normalized spacial score (nSPS) is 25.8. The number of nitrogens with zero attached hydrogens (tertiary/aromatic N) is 2. The van der Waals surface area contributed by atoms with Crippen LogP contribution in [0.5, 0.6) is 0 Å². The maximum Gasteiger partial charge on any atom is 0.255 e. The third kappa shape index (κ3) is 3.05. The fourth-order valence-corrected chi connectivity index (χ4v) is 3.84. The summed E-state index contributed by atoms with van der Waals surface area (Å²) in [6.45, 7) is 4.26. The zero-order valence-corrected chi connectivity index (χ0v) is 14.0. The first-order valence-electron chi connectivity index (χ1n) is 9.19. The van der Waals surface area contributed by atoms with E-state index >= 15 is 0 Å². The van der Waals surface area contributed by atoms with Crippen LogP contribution in [0.25, 0.3) is 0 Å². The number of carbonyl (C=O) groups is 3. The predicted octanol–water partition coefficient (Wildman–Crippen LogP) is -0.147. The molecule has 3 amide bonds. The van der Waals surface area contributed by atoms with E-state index in [0.717, 1.165) is 43.9 Å². The Balaban J connectivity index is 1.52. The van der Waals surface area contributed by atoms with Crippen LogP contribution in [0.1, 0.15) is 34.3 Å². The minimum Gasteiger partial charge on any atom is -0.322 e. The molecule has 1 unspecified atom stereocenters. The van der Waals surface area contributed by atoms with Crippen LogP contribution in [0, 0.1) is 0 Å². The number of piperazine rings is 1. The van der Waals surface area contributed by atoms with Gasteiger partial charge in [-0.05, 0) is 23.6 Å². The minimum atomic E-state index is -0.577. The monoisotopic (exact) mass is 343 g/mol. The Kier molecular flexibility index (Phi) is 3.95. The highest BCUT2D eigenvalue weighted by Crippen LogP contribution is 2.30. The van der Waals surface area contributed by atoms with Gasteiger partial charge in [-0.1, -0.05) is 12.1 Å². The van der Waals surface area contributed by atoms with Crippen molar-refractivity contribution in [1.82, 2.24) is 20.4 Å². The summed E-state index contributed by atoms with van der Waals surface area (Å²) in [5.74, 6) is -0.785. The molecular formula is C18H22N4O3. The molecular weight excluding hydrogens is 320 g/mol. The third-order valence-electron chi connectivity index (χ3n) is 5.22. The van der Waals surface area contributed by atoms with E-state index in [1.807, 2.05) is 18.2 Å². The molecule has 0 radical (unpaired) electrons. The smallest absolute Gasteiger partial charge is 0.255 e. The first-order valence-corrected chi connectivity index (χ1v) is 8.74. The number of hydrogen-bond acceptors (Lipinski definition) is 5. The summed E-state index contributed by atoms with van der Waals surface area (Å²) in [6, 6.07) is 5.16. The molecule has 3 aliphatic heterocycles. The van der Waals surface area contributed by atoms with E-state index in [-0.39, 0.29) is 24.1 Å². The van der Waals surface area contributed by atoms with Gasteiger partial charge in [0.15, 0.2) is 0 Å². The van der Waals surface area contributed by atoms with E-state index in [1.165, 1.54) is 0 Å². The van der Waals surface area contributed by atoms with Crippen LogP contribution in [0.2, 0.25) is 1.41 Å². The second-order valence-corrected chi connectivity index (χ2v) is 6.79. The molecule has 0 bridgehead atoms. The lowest BCUT2D eigenvalue weighted by Gasteiger charge is -2.29. The van der Waals surface area contributed by atoms with Crippen LogP contribution >= 0.6 is 0 Å². The number of nitrogens with one attached hydrogen (secondary N) is 2. The molecule has 2 fully saturated rings. The topological polar surface area (TPSA) is 81.8 Å². The first kappa shape index (κ1) is 15.0. The van der Waals surface area contributed by atoms with E-state index in [2.05, 4.69) is 10.2 Å². The summed E-state index contributed by atoms with van der Waals surface area (Å²) >= 11 is 0. The molecule has 2 N–H and O–H groups in total. The number of rotatable bonds is 3. The number of imide groups is 1. The van der Waals surface area contributed by atoms with Crippen molar-refractivity contribution in [3.8, 4) is 0 Å².